The lowest BCUT2D eigenvalue weighted by atomic mass is 9.98. The van der Waals surface area contributed by atoms with Crippen molar-refractivity contribution in [3.05, 3.63) is 18.2 Å². The van der Waals surface area contributed by atoms with Gasteiger partial charge in [-0.15, -0.1) is 24.0 Å². The van der Waals surface area contributed by atoms with Crippen LogP contribution in [-0.2, 0) is 13.1 Å². The van der Waals surface area contributed by atoms with Crippen LogP contribution in [0.5, 0.6) is 0 Å². The van der Waals surface area contributed by atoms with Crippen molar-refractivity contribution < 1.29 is 0 Å². The average Bonchev–Trinajstić information content (AvgIpc) is 3.02. The van der Waals surface area contributed by atoms with Gasteiger partial charge in [0.1, 0.15) is 5.82 Å². The quantitative estimate of drug-likeness (QED) is 0.361. The second-order valence-electron chi connectivity index (χ2n) is 8.03. The second-order valence-corrected chi connectivity index (χ2v) is 8.03. The number of rotatable bonds is 7. The molecule has 0 unspecified atom stereocenters. The van der Waals surface area contributed by atoms with Gasteiger partial charge in [0.2, 0.25) is 0 Å². The Hall–Kier alpha value is -0.830. The predicted octanol–water partition coefficient (Wildman–Crippen LogP) is 3.09. The van der Waals surface area contributed by atoms with E-state index < -0.39 is 0 Å². The minimum atomic E-state index is 0. The summed E-state index contributed by atoms with van der Waals surface area (Å²) in [6.07, 6.45) is 7.91. The normalized spacial score (nSPS) is 16.5. The lowest BCUT2D eigenvalue weighted by Crippen LogP contribution is -2.54. The summed E-state index contributed by atoms with van der Waals surface area (Å²) < 4.78 is 2.21. The van der Waals surface area contributed by atoms with Crippen molar-refractivity contribution in [2.24, 2.45) is 10.9 Å². The number of hydrogen-bond donors (Lipinski definition) is 2. The third-order valence-corrected chi connectivity index (χ3v) is 4.90. The first kappa shape index (κ1) is 23.2. The van der Waals surface area contributed by atoms with Crippen LogP contribution in [0.2, 0.25) is 0 Å². The number of aliphatic imine (C=N–C) groups is 1. The first-order valence-corrected chi connectivity index (χ1v) is 9.62. The lowest BCUT2D eigenvalue weighted by Gasteiger charge is -2.41. The molecule has 150 valence electrons. The molecule has 1 saturated heterocycles. The highest BCUT2D eigenvalue weighted by Gasteiger charge is 2.27. The van der Waals surface area contributed by atoms with Crippen LogP contribution in [0.25, 0.3) is 0 Å². The van der Waals surface area contributed by atoms with Gasteiger partial charge in [-0.05, 0) is 45.7 Å². The van der Waals surface area contributed by atoms with Crippen LogP contribution in [0.4, 0.5) is 0 Å². The van der Waals surface area contributed by atoms with Crippen molar-refractivity contribution in [3.8, 4) is 0 Å². The average molecular weight is 476 g/mol. The molecule has 0 aromatic carbocycles. The Kier molecular flexibility index (Phi) is 9.92. The molecule has 0 atom stereocenters. The Morgan fingerprint density at radius 3 is 2.54 bits per heavy atom. The van der Waals surface area contributed by atoms with Crippen molar-refractivity contribution in [1.29, 1.82) is 0 Å². The molecule has 1 aliphatic rings. The van der Waals surface area contributed by atoms with Gasteiger partial charge in [0, 0.05) is 38.1 Å². The largest absolute Gasteiger partial charge is 0.355 e. The van der Waals surface area contributed by atoms with Gasteiger partial charge in [0.15, 0.2) is 5.96 Å². The number of aromatic nitrogens is 2. The van der Waals surface area contributed by atoms with Crippen LogP contribution in [0, 0.1) is 5.92 Å². The monoisotopic (exact) mass is 476 g/mol. The van der Waals surface area contributed by atoms with E-state index in [1.165, 1.54) is 32.4 Å². The van der Waals surface area contributed by atoms with E-state index in [0.717, 1.165) is 24.9 Å². The van der Waals surface area contributed by atoms with Gasteiger partial charge < -0.3 is 15.2 Å². The summed E-state index contributed by atoms with van der Waals surface area (Å²) >= 11 is 0. The maximum absolute atomic E-state index is 4.47. The van der Waals surface area contributed by atoms with Gasteiger partial charge in [-0.2, -0.15) is 0 Å². The van der Waals surface area contributed by atoms with Gasteiger partial charge >= 0.3 is 0 Å². The van der Waals surface area contributed by atoms with Crippen LogP contribution < -0.4 is 10.6 Å². The standard InChI is InChI=1S/C19H36N6.HI/c1-16(2)14-24-12-9-21-17(24)13-22-18(20-5)23-15-19(3,4)25-10-7-6-8-11-25;/h9,12,16H,6-8,10-11,13-15H2,1-5H3,(H2,20,22,23);1H. The number of imidazole rings is 1. The molecule has 2 heterocycles. The van der Waals surface area contributed by atoms with Gasteiger partial charge in [0.25, 0.3) is 0 Å². The van der Waals surface area contributed by atoms with E-state index in [0.29, 0.717) is 12.5 Å². The molecule has 6 nitrogen and oxygen atoms in total. The smallest absolute Gasteiger partial charge is 0.191 e. The number of nitrogens with one attached hydrogen (secondary N) is 2. The zero-order valence-corrected chi connectivity index (χ0v) is 19.4. The van der Waals surface area contributed by atoms with Crippen LogP contribution in [0.15, 0.2) is 17.4 Å². The van der Waals surface area contributed by atoms with Crippen LogP contribution >= 0.6 is 24.0 Å². The number of likely N-dealkylation sites (tertiary alicyclic amines) is 1. The van der Waals surface area contributed by atoms with Gasteiger partial charge in [0.05, 0.1) is 6.54 Å². The summed E-state index contributed by atoms with van der Waals surface area (Å²) in [5.41, 5.74) is 0.133. The topological polar surface area (TPSA) is 57.5 Å². The minimum absolute atomic E-state index is 0. The molecule has 0 spiro atoms. The molecule has 1 fully saturated rings. The summed E-state index contributed by atoms with van der Waals surface area (Å²) in [4.78, 5) is 11.4. The predicted molar refractivity (Wildman–Crippen MR) is 120 cm³/mol. The van der Waals surface area contributed by atoms with Crippen molar-refractivity contribution in [3.63, 3.8) is 0 Å². The molecule has 1 aromatic heterocycles. The van der Waals surface area contributed by atoms with E-state index in [4.69, 9.17) is 0 Å². The maximum Gasteiger partial charge on any atom is 0.191 e. The zero-order valence-electron chi connectivity index (χ0n) is 17.1. The lowest BCUT2D eigenvalue weighted by molar-refractivity contribution is 0.0982. The van der Waals surface area contributed by atoms with E-state index in [2.05, 4.69) is 57.8 Å². The Balaban J connectivity index is 0.00000338. The fraction of sp³-hybridized carbons (Fsp3) is 0.789. The molecule has 0 radical (unpaired) electrons. The third kappa shape index (κ3) is 7.06. The van der Waals surface area contributed by atoms with Gasteiger partial charge in [-0.3, -0.25) is 9.89 Å². The van der Waals surface area contributed by atoms with Crippen molar-refractivity contribution >= 4 is 29.9 Å². The number of hydrogen-bond acceptors (Lipinski definition) is 3. The first-order chi connectivity index (χ1) is 11.9. The summed E-state index contributed by atoms with van der Waals surface area (Å²) in [5, 5.41) is 6.89. The van der Waals surface area contributed by atoms with Crippen LogP contribution in [-0.4, -0.2) is 52.6 Å². The van der Waals surface area contributed by atoms with Gasteiger partial charge in [-0.1, -0.05) is 20.3 Å². The van der Waals surface area contributed by atoms with Crippen LogP contribution in [0.1, 0.15) is 52.8 Å². The maximum atomic E-state index is 4.47. The number of nitrogens with zero attached hydrogens (tertiary/aromatic N) is 4. The van der Waals surface area contributed by atoms with E-state index in [1.54, 1.807) is 0 Å². The van der Waals surface area contributed by atoms with Crippen molar-refractivity contribution in [2.75, 3.05) is 26.7 Å². The molecule has 2 N–H and O–H groups in total. The molecule has 1 aliphatic heterocycles. The molecule has 26 heavy (non-hydrogen) atoms. The Morgan fingerprint density at radius 2 is 1.92 bits per heavy atom. The third-order valence-electron chi connectivity index (χ3n) is 4.90. The van der Waals surface area contributed by atoms with E-state index in [1.807, 2.05) is 19.4 Å². The highest BCUT2D eigenvalue weighted by atomic mass is 127. The molecule has 0 amide bonds. The van der Waals surface area contributed by atoms with Crippen molar-refractivity contribution in [1.82, 2.24) is 25.1 Å². The van der Waals surface area contributed by atoms with E-state index in [9.17, 15) is 0 Å². The SMILES string of the molecule is CN=C(NCc1nccn1CC(C)C)NCC(C)(C)N1CCCCC1.I. The highest BCUT2D eigenvalue weighted by molar-refractivity contribution is 14.0. The molecule has 7 heteroatoms. The minimum Gasteiger partial charge on any atom is -0.355 e. The highest BCUT2D eigenvalue weighted by Crippen LogP contribution is 2.19. The Bertz CT molecular complexity index is 546. The molecule has 0 aliphatic carbocycles. The Labute approximate surface area is 176 Å². The summed E-state index contributed by atoms with van der Waals surface area (Å²) in [7, 11) is 1.82. The molecule has 0 bridgehead atoms. The second kappa shape index (κ2) is 11.1. The molecular weight excluding hydrogens is 439 g/mol. The fourth-order valence-corrected chi connectivity index (χ4v) is 3.36. The first-order valence-electron chi connectivity index (χ1n) is 9.62. The summed E-state index contributed by atoms with van der Waals surface area (Å²) in [6, 6.07) is 0. The summed E-state index contributed by atoms with van der Waals surface area (Å²) in [5.74, 6) is 2.49. The zero-order chi connectivity index (χ0) is 18.3. The number of guanidine groups is 1. The van der Waals surface area contributed by atoms with Gasteiger partial charge in [-0.25, -0.2) is 4.98 Å². The van der Waals surface area contributed by atoms with Crippen LogP contribution in [0.3, 0.4) is 0 Å². The van der Waals surface area contributed by atoms with E-state index in [-0.39, 0.29) is 29.5 Å². The van der Waals surface area contributed by atoms with E-state index >= 15 is 0 Å². The fourth-order valence-electron chi connectivity index (χ4n) is 3.36. The molecule has 2 rings (SSSR count). The Morgan fingerprint density at radius 1 is 1.23 bits per heavy atom. The molecular formula is C19H37IN6. The number of piperidine rings is 1. The number of halogens is 1. The van der Waals surface area contributed by atoms with Crippen molar-refractivity contribution in [2.45, 2.75) is 65.6 Å². The molecule has 1 aromatic rings. The summed E-state index contributed by atoms with van der Waals surface area (Å²) in [6.45, 7) is 14.0. The molecule has 0 saturated carbocycles.